The first-order valence-corrected chi connectivity index (χ1v) is 5.84. The van der Waals surface area contributed by atoms with Crippen LogP contribution in [0.5, 0.6) is 0 Å². The van der Waals surface area contributed by atoms with Crippen molar-refractivity contribution >= 4 is 17.7 Å². The van der Waals surface area contributed by atoms with Crippen LogP contribution in [-0.4, -0.2) is 35.5 Å². The molecule has 0 bridgehead atoms. The third-order valence-electron chi connectivity index (χ3n) is 2.77. The van der Waals surface area contributed by atoms with Crippen LogP contribution < -0.4 is 21.5 Å². The first-order chi connectivity index (χ1) is 9.40. The van der Waals surface area contributed by atoms with E-state index in [0.717, 1.165) is 6.07 Å². The quantitative estimate of drug-likeness (QED) is 0.528. The van der Waals surface area contributed by atoms with Crippen molar-refractivity contribution < 1.29 is 18.0 Å². The first kappa shape index (κ1) is 14.3. The molecule has 20 heavy (non-hydrogen) atoms. The third-order valence-corrected chi connectivity index (χ3v) is 2.77. The van der Waals surface area contributed by atoms with Crippen molar-refractivity contribution in [2.24, 2.45) is 5.84 Å². The van der Waals surface area contributed by atoms with Crippen molar-refractivity contribution in [2.75, 3.05) is 30.0 Å². The minimum absolute atomic E-state index is 0.0803. The van der Waals surface area contributed by atoms with Gasteiger partial charge in [0, 0.05) is 32.1 Å². The van der Waals surface area contributed by atoms with Gasteiger partial charge in [0.25, 0.3) is 0 Å². The van der Waals surface area contributed by atoms with Gasteiger partial charge < -0.3 is 10.2 Å². The van der Waals surface area contributed by atoms with Gasteiger partial charge >= 0.3 is 6.18 Å². The number of aromatic nitrogens is 2. The molecule has 110 valence electrons. The summed E-state index contributed by atoms with van der Waals surface area (Å²) in [6.07, 6.45) is -4.40. The van der Waals surface area contributed by atoms with E-state index in [0.29, 0.717) is 13.1 Å². The van der Waals surface area contributed by atoms with Crippen LogP contribution in [0, 0.1) is 0 Å². The van der Waals surface area contributed by atoms with E-state index in [9.17, 15) is 18.0 Å². The average Bonchev–Trinajstić information content (AvgIpc) is 2.62. The molecule has 1 aromatic rings. The highest BCUT2D eigenvalue weighted by Gasteiger charge is 2.34. The molecule has 1 fully saturated rings. The summed E-state index contributed by atoms with van der Waals surface area (Å²) in [5.74, 6) is 4.70. The second-order valence-electron chi connectivity index (χ2n) is 4.16. The van der Waals surface area contributed by atoms with Crippen LogP contribution in [0.2, 0.25) is 0 Å². The lowest BCUT2D eigenvalue weighted by Crippen LogP contribution is -2.30. The van der Waals surface area contributed by atoms with Crippen molar-refractivity contribution in [3.05, 3.63) is 11.8 Å². The van der Waals surface area contributed by atoms with Crippen molar-refractivity contribution in [1.29, 1.82) is 0 Å². The number of amides is 1. The van der Waals surface area contributed by atoms with E-state index in [2.05, 4.69) is 15.3 Å². The Morgan fingerprint density at radius 1 is 1.35 bits per heavy atom. The van der Waals surface area contributed by atoms with Gasteiger partial charge in [-0.3, -0.25) is 10.2 Å². The van der Waals surface area contributed by atoms with Gasteiger partial charge in [-0.25, -0.2) is 10.8 Å². The summed E-state index contributed by atoms with van der Waals surface area (Å²) in [6, 6.07) is 0.844. The van der Waals surface area contributed by atoms with Crippen LogP contribution in [0.1, 0.15) is 12.1 Å². The third kappa shape index (κ3) is 3.26. The maximum absolute atomic E-state index is 12.7. The Hall–Kier alpha value is -2.10. The van der Waals surface area contributed by atoms with Crippen molar-refractivity contribution in [2.45, 2.75) is 12.6 Å². The standard InChI is InChI=1S/C10H13F3N6O/c11-10(12,13)6-5-7(17-9(16-6)18-14)19-3-1-8(20)15-2-4-19/h5H,1-4,14H2,(H,15,20)(H,16,17,18). The minimum Gasteiger partial charge on any atom is -0.354 e. The van der Waals surface area contributed by atoms with Gasteiger partial charge in [-0.2, -0.15) is 18.2 Å². The maximum Gasteiger partial charge on any atom is 0.433 e. The second kappa shape index (κ2) is 5.49. The first-order valence-electron chi connectivity index (χ1n) is 5.84. The lowest BCUT2D eigenvalue weighted by atomic mass is 10.3. The Morgan fingerprint density at radius 3 is 2.75 bits per heavy atom. The fourth-order valence-corrected chi connectivity index (χ4v) is 1.80. The molecule has 1 aromatic heterocycles. The summed E-state index contributed by atoms with van der Waals surface area (Å²) in [7, 11) is 0. The second-order valence-corrected chi connectivity index (χ2v) is 4.16. The molecule has 0 spiro atoms. The number of halogens is 3. The minimum atomic E-state index is -4.59. The lowest BCUT2D eigenvalue weighted by Gasteiger charge is -2.21. The normalized spacial score (nSPS) is 16.6. The summed E-state index contributed by atoms with van der Waals surface area (Å²) in [5, 5.41) is 2.63. The van der Waals surface area contributed by atoms with Crippen LogP contribution in [0.25, 0.3) is 0 Å². The fraction of sp³-hybridized carbons (Fsp3) is 0.500. The van der Waals surface area contributed by atoms with Crippen molar-refractivity contribution in [1.82, 2.24) is 15.3 Å². The molecule has 0 atom stereocenters. The SMILES string of the molecule is NNc1nc(N2CCNC(=O)CC2)cc(C(F)(F)F)n1. The van der Waals surface area contributed by atoms with Crippen LogP contribution in [0.15, 0.2) is 6.07 Å². The number of nitrogens with zero attached hydrogens (tertiary/aromatic N) is 3. The Bertz CT molecular complexity index is 506. The van der Waals surface area contributed by atoms with E-state index in [1.165, 1.54) is 0 Å². The van der Waals surface area contributed by atoms with E-state index in [1.807, 2.05) is 5.43 Å². The lowest BCUT2D eigenvalue weighted by molar-refractivity contribution is -0.141. The molecule has 1 aliphatic rings. The summed E-state index contributed by atoms with van der Waals surface area (Å²) < 4.78 is 38.2. The Balaban J connectivity index is 2.32. The van der Waals surface area contributed by atoms with Crippen LogP contribution in [0.3, 0.4) is 0 Å². The Labute approximate surface area is 112 Å². The number of carbonyl (C=O) groups is 1. The Morgan fingerprint density at radius 2 is 2.10 bits per heavy atom. The zero-order valence-corrected chi connectivity index (χ0v) is 10.4. The number of nitrogens with two attached hydrogens (primary N) is 1. The number of nitrogen functional groups attached to an aromatic ring is 1. The summed E-state index contributed by atoms with van der Waals surface area (Å²) in [5.41, 5.74) is 0.928. The number of carbonyl (C=O) groups excluding carboxylic acids is 1. The molecule has 0 radical (unpaired) electrons. The average molecular weight is 290 g/mol. The molecule has 1 aliphatic heterocycles. The molecule has 0 aliphatic carbocycles. The summed E-state index contributed by atoms with van der Waals surface area (Å²) in [6.45, 7) is 0.990. The number of alkyl halides is 3. The molecule has 2 heterocycles. The molecule has 0 unspecified atom stereocenters. The van der Waals surface area contributed by atoms with Gasteiger partial charge in [0.05, 0.1) is 0 Å². The number of anilines is 2. The number of nitrogens with one attached hydrogen (secondary N) is 2. The van der Waals surface area contributed by atoms with Gasteiger partial charge in [0.1, 0.15) is 5.82 Å². The highest BCUT2D eigenvalue weighted by molar-refractivity contribution is 5.77. The number of hydrazine groups is 1. The number of hydrogen-bond acceptors (Lipinski definition) is 6. The van der Waals surface area contributed by atoms with E-state index in [1.54, 1.807) is 4.90 Å². The topological polar surface area (TPSA) is 96.2 Å². The zero-order chi connectivity index (χ0) is 14.8. The van der Waals surface area contributed by atoms with Gasteiger partial charge in [-0.1, -0.05) is 0 Å². The largest absolute Gasteiger partial charge is 0.433 e. The summed E-state index contributed by atoms with van der Waals surface area (Å²) in [4.78, 5) is 20.0. The maximum atomic E-state index is 12.7. The van der Waals surface area contributed by atoms with Crippen LogP contribution in [-0.2, 0) is 11.0 Å². The molecule has 7 nitrogen and oxygen atoms in total. The molecule has 10 heteroatoms. The van der Waals surface area contributed by atoms with Crippen LogP contribution >= 0.6 is 0 Å². The van der Waals surface area contributed by atoms with Gasteiger partial charge in [-0.15, -0.1) is 0 Å². The van der Waals surface area contributed by atoms with E-state index < -0.39 is 11.9 Å². The highest BCUT2D eigenvalue weighted by atomic mass is 19.4. The monoisotopic (exact) mass is 290 g/mol. The van der Waals surface area contributed by atoms with E-state index in [4.69, 9.17) is 5.84 Å². The highest BCUT2D eigenvalue weighted by Crippen LogP contribution is 2.30. The smallest absolute Gasteiger partial charge is 0.354 e. The molecule has 4 N–H and O–H groups in total. The van der Waals surface area contributed by atoms with Crippen molar-refractivity contribution in [3.63, 3.8) is 0 Å². The molecule has 0 saturated carbocycles. The summed E-state index contributed by atoms with van der Waals surface area (Å²) >= 11 is 0. The predicted octanol–water partition coefficient (Wildman–Crippen LogP) is 0.107. The van der Waals surface area contributed by atoms with Gasteiger partial charge in [0.15, 0.2) is 5.69 Å². The van der Waals surface area contributed by atoms with Gasteiger partial charge in [-0.05, 0) is 0 Å². The van der Waals surface area contributed by atoms with Crippen LogP contribution in [0.4, 0.5) is 24.9 Å². The molecule has 1 saturated heterocycles. The fourth-order valence-electron chi connectivity index (χ4n) is 1.80. The van der Waals surface area contributed by atoms with Gasteiger partial charge in [0.2, 0.25) is 11.9 Å². The Kier molecular flexibility index (Phi) is 3.93. The van der Waals surface area contributed by atoms with E-state index >= 15 is 0 Å². The predicted molar refractivity (Wildman–Crippen MR) is 64.7 cm³/mol. The number of hydrogen-bond donors (Lipinski definition) is 3. The zero-order valence-electron chi connectivity index (χ0n) is 10.4. The molecular weight excluding hydrogens is 277 g/mol. The molecule has 1 amide bonds. The van der Waals surface area contributed by atoms with Crippen molar-refractivity contribution in [3.8, 4) is 0 Å². The molecular formula is C10H13F3N6O. The molecule has 0 aromatic carbocycles. The molecule has 2 rings (SSSR count). The number of rotatable bonds is 2. The van der Waals surface area contributed by atoms with E-state index in [-0.39, 0.29) is 30.6 Å².